The Morgan fingerprint density at radius 1 is 1.17 bits per heavy atom. The maximum atomic E-state index is 11.1. The lowest BCUT2D eigenvalue weighted by molar-refractivity contribution is -0.00979. The summed E-state index contributed by atoms with van der Waals surface area (Å²) in [7, 11) is 0. The lowest BCUT2D eigenvalue weighted by atomic mass is 9.81. The molecule has 1 aromatic heterocycles. The molecule has 1 aromatic carbocycles. The number of piperidine rings is 1. The predicted octanol–water partition coefficient (Wildman–Crippen LogP) is 3.00. The van der Waals surface area contributed by atoms with Gasteiger partial charge in [0.2, 0.25) is 0 Å². The number of hydrogen-bond acceptors (Lipinski definition) is 3. The molecule has 4 rings (SSSR count). The van der Waals surface area contributed by atoms with Crippen LogP contribution in [-0.4, -0.2) is 17.2 Å². The van der Waals surface area contributed by atoms with Gasteiger partial charge in [-0.2, -0.15) is 0 Å². The van der Waals surface area contributed by atoms with Crippen molar-refractivity contribution in [2.75, 3.05) is 0 Å². The molecule has 0 amide bonds. The molecule has 3 heteroatoms. The van der Waals surface area contributed by atoms with Crippen LogP contribution in [0, 0.1) is 0 Å². The Morgan fingerprint density at radius 2 is 1.89 bits per heavy atom. The van der Waals surface area contributed by atoms with E-state index in [1.165, 1.54) is 22.9 Å². The summed E-state index contributed by atoms with van der Waals surface area (Å²) in [5.41, 5.74) is 0.540. The summed E-state index contributed by atoms with van der Waals surface area (Å²) in [5, 5.41) is 18.1. The number of aliphatic hydroxyl groups is 1. The monoisotopic (exact) mass is 259 g/mol. The standard InChI is InChI=1S/C15H17NOS/c17-15(7-10-5-6-11(8-15)16-10)13-9-18-14-4-2-1-3-12(13)14/h1-4,9-11,16-17H,5-8H2. The molecule has 2 atom stereocenters. The fourth-order valence-electron chi connectivity index (χ4n) is 3.68. The molecular weight excluding hydrogens is 242 g/mol. The second-order valence-electron chi connectivity index (χ2n) is 5.72. The number of nitrogens with one attached hydrogen (secondary N) is 1. The van der Waals surface area contributed by atoms with Crippen LogP contribution in [0.15, 0.2) is 29.6 Å². The Kier molecular flexibility index (Phi) is 2.31. The van der Waals surface area contributed by atoms with Gasteiger partial charge in [0.15, 0.2) is 0 Å². The number of benzene rings is 1. The maximum absolute atomic E-state index is 11.1. The molecule has 2 fully saturated rings. The molecule has 0 spiro atoms. The van der Waals surface area contributed by atoms with E-state index in [2.05, 4.69) is 35.0 Å². The van der Waals surface area contributed by atoms with Gasteiger partial charge in [-0.15, -0.1) is 11.3 Å². The largest absolute Gasteiger partial charge is 0.385 e. The van der Waals surface area contributed by atoms with Crippen LogP contribution in [0.3, 0.4) is 0 Å². The van der Waals surface area contributed by atoms with Gasteiger partial charge in [-0.1, -0.05) is 18.2 Å². The van der Waals surface area contributed by atoms with Crippen LogP contribution in [0.1, 0.15) is 31.2 Å². The van der Waals surface area contributed by atoms with Crippen LogP contribution in [0.25, 0.3) is 10.1 Å². The quantitative estimate of drug-likeness (QED) is 0.825. The molecule has 0 aliphatic carbocycles. The molecule has 2 bridgehead atoms. The van der Waals surface area contributed by atoms with Gasteiger partial charge in [-0.3, -0.25) is 0 Å². The Morgan fingerprint density at radius 3 is 2.67 bits per heavy atom. The third-order valence-corrected chi connectivity index (χ3v) is 5.45. The van der Waals surface area contributed by atoms with Gasteiger partial charge in [-0.25, -0.2) is 0 Å². The molecule has 2 aliphatic rings. The number of hydrogen-bond donors (Lipinski definition) is 2. The van der Waals surface area contributed by atoms with E-state index in [0.29, 0.717) is 12.1 Å². The van der Waals surface area contributed by atoms with Crippen molar-refractivity contribution < 1.29 is 5.11 Å². The van der Waals surface area contributed by atoms with Crippen molar-refractivity contribution in [3.05, 3.63) is 35.2 Å². The maximum Gasteiger partial charge on any atom is 0.0940 e. The molecule has 94 valence electrons. The van der Waals surface area contributed by atoms with Crippen LogP contribution >= 0.6 is 11.3 Å². The molecule has 0 radical (unpaired) electrons. The number of rotatable bonds is 1. The summed E-state index contributed by atoms with van der Waals surface area (Å²) in [6.45, 7) is 0. The van der Waals surface area contributed by atoms with Crippen molar-refractivity contribution in [2.45, 2.75) is 43.4 Å². The van der Waals surface area contributed by atoms with Gasteiger partial charge in [0.25, 0.3) is 0 Å². The minimum atomic E-state index is -0.614. The molecule has 2 saturated heterocycles. The lowest BCUT2D eigenvalue weighted by Crippen LogP contribution is -2.46. The average Bonchev–Trinajstić information content (AvgIpc) is 2.93. The number of fused-ring (bicyclic) bond motifs is 3. The predicted molar refractivity (Wildman–Crippen MR) is 74.9 cm³/mol. The Hall–Kier alpha value is -0.900. The molecule has 2 aliphatic heterocycles. The summed E-state index contributed by atoms with van der Waals surface area (Å²) in [5.74, 6) is 0. The van der Waals surface area contributed by atoms with Gasteiger partial charge < -0.3 is 10.4 Å². The molecule has 18 heavy (non-hydrogen) atoms. The van der Waals surface area contributed by atoms with Gasteiger partial charge in [0.1, 0.15) is 0 Å². The highest BCUT2D eigenvalue weighted by Crippen LogP contribution is 2.44. The van der Waals surface area contributed by atoms with Crippen LogP contribution in [-0.2, 0) is 5.60 Å². The van der Waals surface area contributed by atoms with E-state index in [1.54, 1.807) is 11.3 Å². The summed E-state index contributed by atoms with van der Waals surface area (Å²) in [4.78, 5) is 0. The zero-order valence-electron chi connectivity index (χ0n) is 10.2. The second-order valence-corrected chi connectivity index (χ2v) is 6.63. The minimum Gasteiger partial charge on any atom is -0.385 e. The topological polar surface area (TPSA) is 32.3 Å². The zero-order valence-corrected chi connectivity index (χ0v) is 11.0. The Bertz CT molecular complexity index is 579. The van der Waals surface area contributed by atoms with E-state index in [1.807, 2.05) is 0 Å². The smallest absolute Gasteiger partial charge is 0.0940 e. The summed E-state index contributed by atoms with van der Waals surface area (Å²) in [6.07, 6.45) is 4.17. The highest BCUT2D eigenvalue weighted by molar-refractivity contribution is 7.17. The average molecular weight is 259 g/mol. The summed E-state index contributed by atoms with van der Waals surface area (Å²) >= 11 is 1.75. The van der Waals surface area contributed by atoms with E-state index in [4.69, 9.17) is 0 Å². The van der Waals surface area contributed by atoms with Crippen molar-refractivity contribution >= 4 is 21.4 Å². The number of thiophene rings is 1. The molecule has 2 aromatic rings. The van der Waals surface area contributed by atoms with Crippen LogP contribution in [0.2, 0.25) is 0 Å². The summed E-state index contributed by atoms with van der Waals surface area (Å²) < 4.78 is 1.28. The molecule has 2 nitrogen and oxygen atoms in total. The van der Waals surface area contributed by atoms with E-state index in [9.17, 15) is 5.11 Å². The summed E-state index contributed by atoms with van der Waals surface area (Å²) in [6, 6.07) is 9.43. The first-order valence-corrected chi connectivity index (χ1v) is 7.58. The van der Waals surface area contributed by atoms with Gasteiger partial charge in [0.05, 0.1) is 5.60 Å². The third-order valence-electron chi connectivity index (χ3n) is 4.49. The highest BCUT2D eigenvalue weighted by atomic mass is 32.1. The van der Waals surface area contributed by atoms with E-state index >= 15 is 0 Å². The van der Waals surface area contributed by atoms with E-state index in [-0.39, 0.29) is 0 Å². The SMILES string of the molecule is OC1(c2csc3ccccc23)CC2CCC(C1)N2. The fourth-order valence-corrected chi connectivity index (χ4v) is 4.73. The van der Waals surface area contributed by atoms with Crippen molar-refractivity contribution in [3.8, 4) is 0 Å². The van der Waals surface area contributed by atoms with Crippen molar-refractivity contribution in [1.82, 2.24) is 5.32 Å². The Labute approximate surface area is 111 Å². The molecular formula is C15H17NOS. The minimum absolute atomic E-state index is 0.507. The Balaban J connectivity index is 1.82. The first kappa shape index (κ1) is 11.0. The van der Waals surface area contributed by atoms with Gasteiger partial charge >= 0.3 is 0 Å². The molecule has 0 saturated carbocycles. The van der Waals surface area contributed by atoms with Gasteiger partial charge in [0, 0.05) is 22.3 Å². The van der Waals surface area contributed by atoms with Crippen LogP contribution < -0.4 is 5.32 Å². The molecule has 2 N–H and O–H groups in total. The molecule has 3 heterocycles. The highest BCUT2D eigenvalue weighted by Gasteiger charge is 2.44. The van der Waals surface area contributed by atoms with Crippen molar-refractivity contribution in [2.24, 2.45) is 0 Å². The second kappa shape index (κ2) is 3.80. The zero-order chi connectivity index (χ0) is 12.2. The first-order valence-electron chi connectivity index (χ1n) is 6.70. The van der Waals surface area contributed by atoms with Crippen molar-refractivity contribution in [3.63, 3.8) is 0 Å². The van der Waals surface area contributed by atoms with Crippen LogP contribution in [0.4, 0.5) is 0 Å². The molecule has 2 unspecified atom stereocenters. The van der Waals surface area contributed by atoms with E-state index in [0.717, 1.165) is 18.4 Å². The van der Waals surface area contributed by atoms with Gasteiger partial charge in [-0.05, 0) is 42.5 Å². The normalized spacial score (nSPS) is 35.2. The lowest BCUT2D eigenvalue weighted by Gasteiger charge is -2.37. The van der Waals surface area contributed by atoms with E-state index < -0.39 is 5.60 Å². The fraction of sp³-hybridized carbons (Fsp3) is 0.467. The first-order chi connectivity index (χ1) is 8.74. The van der Waals surface area contributed by atoms with Crippen LogP contribution in [0.5, 0.6) is 0 Å². The van der Waals surface area contributed by atoms with Crippen molar-refractivity contribution in [1.29, 1.82) is 0 Å². The third kappa shape index (κ3) is 1.54.